The van der Waals surface area contributed by atoms with E-state index in [4.69, 9.17) is 0 Å². The molecule has 0 amide bonds. The minimum Gasteiger partial charge on any atom is -0.390 e. The smallest absolute Gasteiger partial charge is 0.265 e. The fourth-order valence-corrected chi connectivity index (χ4v) is 3.84. The first-order chi connectivity index (χ1) is 10.0. The van der Waals surface area contributed by atoms with Gasteiger partial charge in [0, 0.05) is 25.0 Å². The number of aliphatic hydroxyl groups excluding tert-OH is 1. The molecule has 6 heteroatoms. The first kappa shape index (κ1) is 15.6. The minimum atomic E-state index is -3.62. The molecular formula is C15H20N2O3S. The SMILES string of the molecule is CCN(c1ccccc1)S(=O)(=O)c1cc(CO)n(CC)c1. The van der Waals surface area contributed by atoms with Crippen LogP contribution < -0.4 is 4.31 Å². The third-order valence-corrected chi connectivity index (χ3v) is 5.25. The maximum absolute atomic E-state index is 12.8. The zero-order valence-electron chi connectivity index (χ0n) is 12.2. The van der Waals surface area contributed by atoms with Crippen LogP contribution >= 0.6 is 0 Å². The molecule has 0 atom stereocenters. The van der Waals surface area contributed by atoms with Gasteiger partial charge in [-0.15, -0.1) is 0 Å². The highest BCUT2D eigenvalue weighted by Gasteiger charge is 2.25. The summed E-state index contributed by atoms with van der Waals surface area (Å²) >= 11 is 0. The highest BCUT2D eigenvalue weighted by atomic mass is 32.2. The second-order valence-electron chi connectivity index (χ2n) is 4.62. The van der Waals surface area contributed by atoms with E-state index in [0.29, 0.717) is 24.5 Å². The van der Waals surface area contributed by atoms with Gasteiger partial charge in [-0.05, 0) is 32.0 Å². The van der Waals surface area contributed by atoms with Crippen molar-refractivity contribution in [2.24, 2.45) is 0 Å². The second kappa shape index (κ2) is 6.32. The van der Waals surface area contributed by atoms with Gasteiger partial charge in [0.15, 0.2) is 0 Å². The van der Waals surface area contributed by atoms with Crippen molar-refractivity contribution in [2.75, 3.05) is 10.8 Å². The molecule has 0 aliphatic carbocycles. The zero-order chi connectivity index (χ0) is 15.5. The van der Waals surface area contributed by atoms with Crippen molar-refractivity contribution in [3.8, 4) is 0 Å². The van der Waals surface area contributed by atoms with Gasteiger partial charge in [0.1, 0.15) is 4.90 Å². The molecule has 2 aromatic rings. The molecule has 0 saturated carbocycles. The van der Waals surface area contributed by atoms with Crippen LogP contribution in [0, 0.1) is 0 Å². The predicted molar refractivity (Wildman–Crippen MR) is 82.7 cm³/mol. The van der Waals surface area contributed by atoms with Crippen LogP contribution in [0.5, 0.6) is 0 Å². The van der Waals surface area contributed by atoms with Gasteiger partial charge in [0.25, 0.3) is 10.0 Å². The Morgan fingerprint density at radius 2 is 1.86 bits per heavy atom. The molecule has 1 N–H and O–H groups in total. The lowest BCUT2D eigenvalue weighted by atomic mass is 10.3. The van der Waals surface area contributed by atoms with Crippen LogP contribution in [0.1, 0.15) is 19.5 Å². The maximum Gasteiger partial charge on any atom is 0.265 e. The number of para-hydroxylation sites is 1. The average Bonchev–Trinajstić information content (AvgIpc) is 2.93. The van der Waals surface area contributed by atoms with E-state index < -0.39 is 10.0 Å². The van der Waals surface area contributed by atoms with Crippen molar-refractivity contribution in [2.45, 2.75) is 31.9 Å². The number of rotatable bonds is 6. The third kappa shape index (κ3) is 2.96. The van der Waals surface area contributed by atoms with Gasteiger partial charge in [-0.25, -0.2) is 8.42 Å². The first-order valence-corrected chi connectivity index (χ1v) is 8.36. The van der Waals surface area contributed by atoms with Gasteiger partial charge in [-0.2, -0.15) is 0 Å². The zero-order valence-corrected chi connectivity index (χ0v) is 13.0. The Morgan fingerprint density at radius 1 is 1.19 bits per heavy atom. The van der Waals surface area contributed by atoms with Gasteiger partial charge in [0.2, 0.25) is 0 Å². The number of benzene rings is 1. The number of nitrogens with zero attached hydrogens (tertiary/aromatic N) is 2. The fraction of sp³-hybridized carbons (Fsp3) is 0.333. The lowest BCUT2D eigenvalue weighted by molar-refractivity contribution is 0.271. The lowest BCUT2D eigenvalue weighted by Gasteiger charge is -2.22. The highest BCUT2D eigenvalue weighted by Crippen LogP contribution is 2.24. The highest BCUT2D eigenvalue weighted by molar-refractivity contribution is 7.92. The second-order valence-corrected chi connectivity index (χ2v) is 6.48. The van der Waals surface area contributed by atoms with E-state index in [1.54, 1.807) is 29.8 Å². The summed E-state index contributed by atoms with van der Waals surface area (Å²) in [5.41, 5.74) is 1.23. The summed E-state index contributed by atoms with van der Waals surface area (Å²) in [6.07, 6.45) is 1.58. The number of aliphatic hydroxyl groups is 1. The molecule has 1 aromatic carbocycles. The number of hydrogen-bond donors (Lipinski definition) is 1. The Balaban J connectivity index is 2.47. The Morgan fingerprint density at radius 3 is 2.33 bits per heavy atom. The average molecular weight is 308 g/mol. The molecule has 0 radical (unpaired) electrons. The van der Waals surface area contributed by atoms with Crippen LogP contribution in [0.15, 0.2) is 47.5 Å². The van der Waals surface area contributed by atoms with Crippen molar-refractivity contribution in [1.82, 2.24) is 4.57 Å². The molecule has 1 aromatic heterocycles. The molecular weight excluding hydrogens is 288 g/mol. The summed E-state index contributed by atoms with van der Waals surface area (Å²) in [5.74, 6) is 0. The van der Waals surface area contributed by atoms with Crippen LogP contribution in [0.2, 0.25) is 0 Å². The minimum absolute atomic E-state index is 0.180. The number of hydrogen-bond acceptors (Lipinski definition) is 3. The lowest BCUT2D eigenvalue weighted by Crippen LogP contribution is -2.30. The molecule has 0 unspecified atom stereocenters. The van der Waals surface area contributed by atoms with Gasteiger partial charge in [0.05, 0.1) is 12.3 Å². The fourth-order valence-electron chi connectivity index (χ4n) is 2.31. The molecule has 0 saturated heterocycles. The predicted octanol–water partition coefficient (Wildman–Crippen LogP) is 2.22. The largest absolute Gasteiger partial charge is 0.390 e. The van der Waals surface area contributed by atoms with E-state index in [0.717, 1.165) is 0 Å². The summed E-state index contributed by atoms with van der Waals surface area (Å²) in [7, 11) is -3.62. The number of sulfonamides is 1. The topological polar surface area (TPSA) is 62.5 Å². The Kier molecular flexibility index (Phi) is 4.69. The van der Waals surface area contributed by atoms with Crippen LogP contribution in [0.4, 0.5) is 5.69 Å². The summed E-state index contributed by atoms with van der Waals surface area (Å²) in [6.45, 7) is 4.49. The van der Waals surface area contributed by atoms with E-state index in [2.05, 4.69) is 0 Å². The van der Waals surface area contributed by atoms with Gasteiger partial charge >= 0.3 is 0 Å². The van der Waals surface area contributed by atoms with Crippen LogP contribution in [-0.2, 0) is 23.2 Å². The van der Waals surface area contributed by atoms with Crippen LogP contribution in [-0.4, -0.2) is 24.6 Å². The number of aromatic nitrogens is 1. The monoisotopic (exact) mass is 308 g/mol. The quantitative estimate of drug-likeness (QED) is 0.890. The molecule has 2 rings (SSSR count). The summed E-state index contributed by atoms with van der Waals surface area (Å²) < 4.78 is 28.7. The molecule has 5 nitrogen and oxygen atoms in total. The van der Waals surface area contributed by atoms with E-state index >= 15 is 0 Å². The molecule has 21 heavy (non-hydrogen) atoms. The van der Waals surface area contributed by atoms with Crippen molar-refractivity contribution in [3.05, 3.63) is 48.3 Å². The number of anilines is 1. The van der Waals surface area contributed by atoms with Crippen molar-refractivity contribution in [3.63, 3.8) is 0 Å². The Labute approximate surface area is 125 Å². The van der Waals surface area contributed by atoms with Crippen molar-refractivity contribution < 1.29 is 13.5 Å². The van der Waals surface area contributed by atoms with Crippen LogP contribution in [0.25, 0.3) is 0 Å². The van der Waals surface area contributed by atoms with Gasteiger partial charge in [-0.1, -0.05) is 18.2 Å². The standard InChI is InChI=1S/C15H20N2O3S/c1-3-16-11-15(10-14(16)12-18)21(19,20)17(4-2)13-8-6-5-7-9-13/h5-11,18H,3-4,12H2,1-2H3. The summed E-state index contributed by atoms with van der Waals surface area (Å²) in [6, 6.07) is 10.5. The Hall–Kier alpha value is -1.79. The Bertz CT molecular complexity index is 671. The molecule has 0 spiro atoms. The van der Waals surface area contributed by atoms with E-state index in [1.807, 2.05) is 25.1 Å². The van der Waals surface area contributed by atoms with Gasteiger partial charge < -0.3 is 9.67 Å². The molecule has 114 valence electrons. The van der Waals surface area contributed by atoms with E-state index in [9.17, 15) is 13.5 Å². The normalized spacial score (nSPS) is 11.6. The van der Waals surface area contributed by atoms with Crippen molar-refractivity contribution in [1.29, 1.82) is 0 Å². The maximum atomic E-state index is 12.8. The molecule has 0 aliphatic heterocycles. The number of aryl methyl sites for hydroxylation is 1. The molecule has 0 bridgehead atoms. The summed E-state index contributed by atoms with van der Waals surface area (Å²) in [5, 5.41) is 9.31. The molecule has 1 heterocycles. The van der Waals surface area contributed by atoms with Gasteiger partial charge in [-0.3, -0.25) is 4.31 Å². The molecule has 0 fully saturated rings. The summed E-state index contributed by atoms with van der Waals surface area (Å²) in [4.78, 5) is 0.208. The molecule has 0 aliphatic rings. The first-order valence-electron chi connectivity index (χ1n) is 6.92. The third-order valence-electron chi connectivity index (χ3n) is 3.38. The van der Waals surface area contributed by atoms with Crippen molar-refractivity contribution >= 4 is 15.7 Å². The van der Waals surface area contributed by atoms with Crippen LogP contribution in [0.3, 0.4) is 0 Å². The van der Waals surface area contributed by atoms with E-state index in [-0.39, 0.29) is 11.5 Å². The van der Waals surface area contributed by atoms with E-state index in [1.165, 1.54) is 10.4 Å².